The molecule has 0 aliphatic carbocycles. The zero-order valence-electron chi connectivity index (χ0n) is 9.81. The third-order valence-electron chi connectivity index (χ3n) is 2.56. The van der Waals surface area contributed by atoms with Crippen LogP contribution in [0, 0.1) is 5.92 Å². The van der Waals surface area contributed by atoms with Gasteiger partial charge in [-0.2, -0.15) is 0 Å². The van der Waals surface area contributed by atoms with Gasteiger partial charge in [-0.25, -0.2) is 0 Å². The molecule has 4 heteroatoms. The Morgan fingerprint density at radius 3 is 3.00 bits per heavy atom. The second kappa shape index (κ2) is 7.41. The topological polar surface area (TPSA) is 44.8 Å². The minimum absolute atomic E-state index is 0.173. The highest BCUT2D eigenvalue weighted by Gasteiger charge is 2.31. The summed E-state index contributed by atoms with van der Waals surface area (Å²) in [6.07, 6.45) is 3.11. The van der Waals surface area contributed by atoms with Crippen molar-refractivity contribution in [2.45, 2.75) is 25.9 Å². The molecule has 0 N–H and O–H groups in total. The molecule has 0 aromatic carbocycles. The second-order valence-electron chi connectivity index (χ2n) is 3.71. The number of hydrogen-bond acceptors (Lipinski definition) is 4. The lowest BCUT2D eigenvalue weighted by molar-refractivity contribution is -0.164. The molecule has 1 aliphatic rings. The van der Waals surface area contributed by atoms with Crippen LogP contribution in [0.5, 0.6) is 0 Å². The third kappa shape index (κ3) is 3.94. The summed E-state index contributed by atoms with van der Waals surface area (Å²) in [5.41, 5.74) is 0. The maximum atomic E-state index is 11.8. The summed E-state index contributed by atoms with van der Waals surface area (Å²) in [5, 5.41) is 0. The monoisotopic (exact) mass is 228 g/mol. The summed E-state index contributed by atoms with van der Waals surface area (Å²) in [4.78, 5) is 11.8. The van der Waals surface area contributed by atoms with Gasteiger partial charge < -0.3 is 14.2 Å². The fraction of sp³-hybridized carbons (Fsp3) is 0.750. The predicted octanol–water partition coefficient (Wildman–Crippen LogP) is 1.55. The number of allylic oxidation sites excluding steroid dienone is 1. The zero-order chi connectivity index (χ0) is 11.8. The quantitative estimate of drug-likeness (QED) is 0.511. The van der Waals surface area contributed by atoms with E-state index in [1.54, 1.807) is 13.0 Å². The predicted molar refractivity (Wildman–Crippen MR) is 60.1 cm³/mol. The lowest BCUT2D eigenvalue weighted by atomic mass is 9.96. The molecule has 92 valence electrons. The first-order valence-electron chi connectivity index (χ1n) is 5.76. The van der Waals surface area contributed by atoms with Crippen LogP contribution in [0.4, 0.5) is 0 Å². The van der Waals surface area contributed by atoms with Gasteiger partial charge in [0.1, 0.15) is 0 Å². The summed E-state index contributed by atoms with van der Waals surface area (Å²) in [6.45, 7) is 7.49. The van der Waals surface area contributed by atoms with Gasteiger partial charge >= 0.3 is 5.97 Å². The number of carbonyl (C=O) groups excluding carboxylic acids is 1. The maximum Gasteiger partial charge on any atom is 0.311 e. The van der Waals surface area contributed by atoms with Gasteiger partial charge in [0.05, 0.1) is 38.4 Å². The van der Waals surface area contributed by atoms with Crippen molar-refractivity contribution in [3.63, 3.8) is 0 Å². The van der Waals surface area contributed by atoms with Crippen LogP contribution in [-0.2, 0) is 19.0 Å². The molecule has 1 saturated heterocycles. The Balaban J connectivity index is 2.53. The third-order valence-corrected chi connectivity index (χ3v) is 2.56. The van der Waals surface area contributed by atoms with Crippen molar-refractivity contribution in [1.82, 2.24) is 0 Å². The Morgan fingerprint density at radius 1 is 1.62 bits per heavy atom. The van der Waals surface area contributed by atoms with Crippen molar-refractivity contribution >= 4 is 5.97 Å². The standard InChI is InChI=1S/C12H20O4/c1-3-5-6-10(12(13)15-4-2)11-9-14-7-8-16-11/h3,10-11H,1,4-9H2,2H3. The summed E-state index contributed by atoms with van der Waals surface area (Å²) in [7, 11) is 0. The van der Waals surface area contributed by atoms with E-state index >= 15 is 0 Å². The van der Waals surface area contributed by atoms with Crippen molar-refractivity contribution in [1.29, 1.82) is 0 Å². The number of esters is 1. The van der Waals surface area contributed by atoms with Gasteiger partial charge in [0.15, 0.2) is 0 Å². The lowest BCUT2D eigenvalue weighted by Gasteiger charge is -2.28. The van der Waals surface area contributed by atoms with E-state index in [4.69, 9.17) is 14.2 Å². The molecular formula is C12H20O4. The van der Waals surface area contributed by atoms with Crippen molar-refractivity contribution in [2.75, 3.05) is 26.4 Å². The highest BCUT2D eigenvalue weighted by atomic mass is 16.6. The minimum atomic E-state index is -0.238. The Kier molecular flexibility index (Phi) is 6.11. The summed E-state index contributed by atoms with van der Waals surface area (Å²) in [5.74, 6) is -0.432. The Bertz CT molecular complexity index is 221. The largest absolute Gasteiger partial charge is 0.466 e. The SMILES string of the molecule is C=CCCC(C(=O)OCC)C1COCCO1. The molecule has 1 fully saturated rings. The molecule has 1 aliphatic heterocycles. The molecule has 0 amide bonds. The van der Waals surface area contributed by atoms with Crippen LogP contribution >= 0.6 is 0 Å². The van der Waals surface area contributed by atoms with E-state index < -0.39 is 0 Å². The van der Waals surface area contributed by atoms with Gasteiger partial charge in [-0.1, -0.05) is 6.08 Å². The van der Waals surface area contributed by atoms with Gasteiger partial charge in [-0.15, -0.1) is 6.58 Å². The number of carbonyl (C=O) groups is 1. The molecule has 1 rings (SSSR count). The normalized spacial score (nSPS) is 22.4. The maximum absolute atomic E-state index is 11.8. The van der Waals surface area contributed by atoms with Gasteiger partial charge in [-0.05, 0) is 19.8 Å². The Labute approximate surface area is 96.6 Å². The zero-order valence-corrected chi connectivity index (χ0v) is 9.81. The Hall–Kier alpha value is -0.870. The second-order valence-corrected chi connectivity index (χ2v) is 3.71. The number of hydrogen-bond donors (Lipinski definition) is 0. The first-order chi connectivity index (χ1) is 7.79. The van der Waals surface area contributed by atoms with E-state index in [1.165, 1.54) is 0 Å². The first-order valence-corrected chi connectivity index (χ1v) is 5.76. The van der Waals surface area contributed by atoms with E-state index in [9.17, 15) is 4.79 Å². The number of rotatable bonds is 6. The van der Waals surface area contributed by atoms with E-state index in [-0.39, 0.29) is 18.0 Å². The van der Waals surface area contributed by atoms with Crippen LogP contribution in [-0.4, -0.2) is 38.5 Å². The molecule has 0 spiro atoms. The van der Waals surface area contributed by atoms with Crippen LogP contribution in [0.1, 0.15) is 19.8 Å². The molecule has 0 saturated carbocycles. The van der Waals surface area contributed by atoms with Gasteiger partial charge in [0.2, 0.25) is 0 Å². The average Bonchev–Trinajstić information content (AvgIpc) is 2.31. The lowest BCUT2D eigenvalue weighted by Crippen LogP contribution is -2.39. The number of ether oxygens (including phenoxy) is 3. The molecular weight excluding hydrogens is 208 g/mol. The van der Waals surface area contributed by atoms with Crippen LogP contribution < -0.4 is 0 Å². The summed E-state index contributed by atoms with van der Waals surface area (Å²) >= 11 is 0. The molecule has 2 unspecified atom stereocenters. The van der Waals surface area contributed by atoms with E-state index in [0.717, 1.165) is 6.42 Å². The van der Waals surface area contributed by atoms with Crippen molar-refractivity contribution in [2.24, 2.45) is 5.92 Å². The molecule has 0 bridgehead atoms. The Morgan fingerprint density at radius 2 is 2.44 bits per heavy atom. The van der Waals surface area contributed by atoms with Crippen LogP contribution in [0.3, 0.4) is 0 Å². The molecule has 0 aromatic heterocycles. The smallest absolute Gasteiger partial charge is 0.311 e. The van der Waals surface area contributed by atoms with Crippen molar-refractivity contribution in [3.05, 3.63) is 12.7 Å². The molecule has 2 atom stereocenters. The minimum Gasteiger partial charge on any atom is -0.466 e. The highest BCUT2D eigenvalue weighted by molar-refractivity contribution is 5.73. The summed E-state index contributed by atoms with van der Waals surface area (Å²) < 4.78 is 15.9. The van der Waals surface area contributed by atoms with Gasteiger partial charge in [0.25, 0.3) is 0 Å². The molecule has 1 heterocycles. The summed E-state index contributed by atoms with van der Waals surface area (Å²) in [6, 6.07) is 0. The first kappa shape index (κ1) is 13.2. The van der Waals surface area contributed by atoms with Crippen LogP contribution in [0.25, 0.3) is 0 Å². The van der Waals surface area contributed by atoms with Crippen LogP contribution in [0.15, 0.2) is 12.7 Å². The fourth-order valence-electron chi connectivity index (χ4n) is 1.74. The van der Waals surface area contributed by atoms with Crippen molar-refractivity contribution in [3.8, 4) is 0 Å². The molecule has 0 radical (unpaired) electrons. The van der Waals surface area contributed by atoms with E-state index in [2.05, 4.69) is 6.58 Å². The van der Waals surface area contributed by atoms with Gasteiger partial charge in [-0.3, -0.25) is 4.79 Å². The van der Waals surface area contributed by atoms with Gasteiger partial charge in [0, 0.05) is 0 Å². The van der Waals surface area contributed by atoms with Crippen LogP contribution in [0.2, 0.25) is 0 Å². The molecule has 4 nitrogen and oxygen atoms in total. The fourth-order valence-corrected chi connectivity index (χ4v) is 1.74. The van der Waals surface area contributed by atoms with E-state index in [1.807, 2.05) is 0 Å². The molecule has 0 aromatic rings. The highest BCUT2D eigenvalue weighted by Crippen LogP contribution is 2.19. The van der Waals surface area contributed by atoms with Crippen molar-refractivity contribution < 1.29 is 19.0 Å². The van der Waals surface area contributed by atoms with E-state index in [0.29, 0.717) is 32.8 Å². The molecule has 16 heavy (non-hydrogen) atoms. The average molecular weight is 228 g/mol.